The summed E-state index contributed by atoms with van der Waals surface area (Å²) < 4.78 is 5.89. The summed E-state index contributed by atoms with van der Waals surface area (Å²) in [5.41, 5.74) is 4.17. The number of carbonyl (C=O) groups is 1. The van der Waals surface area contributed by atoms with Gasteiger partial charge in [0.25, 0.3) is 0 Å². The molecule has 1 aromatic heterocycles. The van der Waals surface area contributed by atoms with Gasteiger partial charge in [0.1, 0.15) is 12.4 Å². The summed E-state index contributed by atoms with van der Waals surface area (Å²) in [6.45, 7) is 18.2. The van der Waals surface area contributed by atoms with Crippen LogP contribution in [0.1, 0.15) is 51.1 Å². The number of H-pyrrole nitrogens is 1. The van der Waals surface area contributed by atoms with E-state index in [0.29, 0.717) is 18.9 Å². The van der Waals surface area contributed by atoms with Crippen LogP contribution in [0.4, 0.5) is 0 Å². The number of hydrogen-bond acceptors (Lipinski definition) is 4. The van der Waals surface area contributed by atoms with Crippen LogP contribution in [0.25, 0.3) is 6.08 Å². The molecule has 0 saturated carbocycles. The first kappa shape index (κ1) is 23.8. The molecule has 1 amide bonds. The van der Waals surface area contributed by atoms with Crippen LogP contribution >= 0.6 is 11.8 Å². The molecular weight excluding hydrogens is 370 g/mol. The number of hydrogen-bond donors (Lipinski definition) is 2. The topological polar surface area (TPSA) is 66.5 Å². The molecular formula is C22H33N3O2S. The van der Waals surface area contributed by atoms with Gasteiger partial charge in [-0.1, -0.05) is 27.4 Å². The monoisotopic (exact) mass is 403 g/mol. The molecule has 0 unspecified atom stereocenters. The average Bonchev–Trinajstić information content (AvgIpc) is 3.00. The molecule has 2 N–H and O–H groups in total. The van der Waals surface area contributed by atoms with Gasteiger partial charge >= 0.3 is 0 Å². The largest absolute Gasteiger partial charge is 0.487 e. The second-order valence-electron chi connectivity index (χ2n) is 7.39. The number of thioether (sulfide) groups is 1. The van der Waals surface area contributed by atoms with E-state index in [1.165, 1.54) is 0 Å². The van der Waals surface area contributed by atoms with Crippen molar-refractivity contribution in [3.8, 4) is 0 Å². The highest BCUT2D eigenvalue weighted by molar-refractivity contribution is 8.01. The third kappa shape index (κ3) is 7.08. The number of aromatic nitrogens is 1. The number of aryl methyl sites for hydroxylation is 1. The van der Waals surface area contributed by atoms with Gasteiger partial charge in [-0.15, -0.1) is 11.8 Å². The summed E-state index contributed by atoms with van der Waals surface area (Å²) in [6.07, 6.45) is 4.69. The minimum absolute atomic E-state index is 0.0512. The van der Waals surface area contributed by atoms with Crippen molar-refractivity contribution in [2.24, 2.45) is 10.4 Å². The fraction of sp³-hybridized carbons (Fsp3) is 0.455. The molecule has 0 aromatic carbocycles. The van der Waals surface area contributed by atoms with Crippen LogP contribution in [0.15, 0.2) is 40.1 Å². The van der Waals surface area contributed by atoms with Crippen molar-refractivity contribution < 1.29 is 9.53 Å². The number of allylic oxidation sites excluding steroid dienone is 1. The smallest absolute Gasteiger partial charge is 0.225 e. The lowest BCUT2D eigenvalue weighted by molar-refractivity contribution is -0.129. The molecule has 0 saturated heterocycles. The van der Waals surface area contributed by atoms with E-state index >= 15 is 0 Å². The van der Waals surface area contributed by atoms with E-state index in [0.717, 1.165) is 34.6 Å². The molecule has 154 valence electrons. The van der Waals surface area contributed by atoms with E-state index < -0.39 is 0 Å². The lowest BCUT2D eigenvalue weighted by atomic mass is 9.89. The second kappa shape index (κ2) is 11.0. The second-order valence-corrected chi connectivity index (χ2v) is 8.10. The van der Waals surface area contributed by atoms with Gasteiger partial charge in [0.2, 0.25) is 5.91 Å². The maximum atomic E-state index is 12.3. The molecule has 1 heterocycles. The van der Waals surface area contributed by atoms with Gasteiger partial charge in [-0.2, -0.15) is 0 Å². The minimum atomic E-state index is -0.369. The van der Waals surface area contributed by atoms with Gasteiger partial charge in [-0.25, -0.2) is 0 Å². The van der Waals surface area contributed by atoms with E-state index in [2.05, 4.69) is 28.6 Å². The van der Waals surface area contributed by atoms with E-state index in [9.17, 15) is 4.79 Å². The molecule has 5 nitrogen and oxygen atoms in total. The molecule has 1 aromatic rings. The van der Waals surface area contributed by atoms with Crippen molar-refractivity contribution in [1.82, 2.24) is 10.3 Å². The number of carbonyl (C=O) groups excluding carboxylic acids is 1. The summed E-state index contributed by atoms with van der Waals surface area (Å²) in [6, 6.07) is 2.03. The number of aliphatic imine (C=N–C) groups is 1. The molecule has 0 fully saturated rings. The summed E-state index contributed by atoms with van der Waals surface area (Å²) in [5.74, 6) is 0.735. The van der Waals surface area contributed by atoms with Gasteiger partial charge in [0.15, 0.2) is 0 Å². The van der Waals surface area contributed by atoms with E-state index in [1.807, 2.05) is 58.4 Å². The van der Waals surface area contributed by atoms with Crippen LogP contribution in [0.2, 0.25) is 0 Å². The minimum Gasteiger partial charge on any atom is -0.487 e. The molecule has 0 aliphatic carbocycles. The SMILES string of the molecule is C=N/C(=C\SC)CO/C(=C/c1[nH]c(CNC(=O)C(C)(C)CC)cc1C)C(=C)C. The van der Waals surface area contributed by atoms with Gasteiger partial charge in [-0.3, -0.25) is 9.79 Å². The predicted molar refractivity (Wildman–Crippen MR) is 121 cm³/mol. The Morgan fingerprint density at radius 1 is 1.46 bits per heavy atom. The van der Waals surface area contributed by atoms with Gasteiger partial charge in [0, 0.05) is 22.9 Å². The average molecular weight is 404 g/mol. The highest BCUT2D eigenvalue weighted by Crippen LogP contribution is 2.21. The Labute approximate surface area is 173 Å². The Morgan fingerprint density at radius 3 is 2.68 bits per heavy atom. The van der Waals surface area contributed by atoms with Crippen LogP contribution in [0, 0.1) is 12.3 Å². The molecule has 0 bridgehead atoms. The van der Waals surface area contributed by atoms with Crippen LogP contribution in [-0.2, 0) is 16.1 Å². The van der Waals surface area contributed by atoms with E-state index in [-0.39, 0.29) is 11.3 Å². The number of rotatable bonds is 11. The number of nitrogens with zero attached hydrogens (tertiary/aromatic N) is 1. The van der Waals surface area contributed by atoms with Crippen LogP contribution in [-0.4, -0.2) is 30.5 Å². The standard InChI is InChI=1S/C22H33N3O2S/c1-9-22(5,6)21(26)24-12-17-10-16(4)19(25-17)11-20(15(2)3)27-13-18(23-7)14-28-8/h10-11,14,25H,2,7,9,12-13H2,1,3-6,8H3,(H,24,26)/b18-14-,20-11+. The zero-order valence-corrected chi connectivity index (χ0v) is 18.8. The van der Waals surface area contributed by atoms with Crippen molar-refractivity contribution in [2.45, 2.75) is 47.6 Å². The molecule has 0 aliphatic rings. The number of aromatic amines is 1. The van der Waals surface area contributed by atoms with Crippen molar-refractivity contribution >= 4 is 30.5 Å². The van der Waals surface area contributed by atoms with Crippen molar-refractivity contribution in [2.75, 3.05) is 12.9 Å². The summed E-state index contributed by atoms with van der Waals surface area (Å²) in [4.78, 5) is 19.6. The highest BCUT2D eigenvalue weighted by Gasteiger charge is 2.24. The number of amides is 1. The van der Waals surface area contributed by atoms with Crippen LogP contribution in [0.5, 0.6) is 0 Å². The maximum Gasteiger partial charge on any atom is 0.225 e. The fourth-order valence-electron chi connectivity index (χ4n) is 2.29. The fourth-order valence-corrected chi connectivity index (χ4v) is 2.71. The van der Waals surface area contributed by atoms with Crippen molar-refractivity contribution in [1.29, 1.82) is 0 Å². The first-order chi connectivity index (χ1) is 13.1. The zero-order valence-electron chi connectivity index (χ0n) is 17.9. The van der Waals surface area contributed by atoms with Crippen LogP contribution < -0.4 is 5.32 Å². The van der Waals surface area contributed by atoms with Crippen molar-refractivity contribution in [3.05, 3.63) is 52.0 Å². The predicted octanol–water partition coefficient (Wildman–Crippen LogP) is 5.21. The summed E-state index contributed by atoms with van der Waals surface area (Å²) in [7, 11) is 0. The molecule has 0 aliphatic heterocycles. The lowest BCUT2D eigenvalue weighted by Crippen LogP contribution is -2.36. The third-order valence-corrected chi connectivity index (χ3v) is 5.09. The number of ether oxygens (including phenoxy) is 1. The summed E-state index contributed by atoms with van der Waals surface area (Å²) in [5, 5.41) is 4.90. The summed E-state index contributed by atoms with van der Waals surface area (Å²) >= 11 is 1.56. The first-order valence-corrected chi connectivity index (χ1v) is 10.6. The first-order valence-electron chi connectivity index (χ1n) is 9.30. The Bertz CT molecular complexity index is 773. The van der Waals surface area contributed by atoms with Gasteiger partial charge in [0.05, 0.1) is 12.2 Å². The van der Waals surface area contributed by atoms with Gasteiger partial charge < -0.3 is 15.0 Å². The van der Waals surface area contributed by atoms with Crippen molar-refractivity contribution in [3.63, 3.8) is 0 Å². The molecule has 28 heavy (non-hydrogen) atoms. The molecule has 1 rings (SSSR count). The highest BCUT2D eigenvalue weighted by atomic mass is 32.2. The Kier molecular flexibility index (Phi) is 9.32. The third-order valence-electron chi connectivity index (χ3n) is 4.58. The van der Waals surface area contributed by atoms with Crippen LogP contribution in [0.3, 0.4) is 0 Å². The number of nitrogens with one attached hydrogen (secondary N) is 2. The molecule has 0 atom stereocenters. The van der Waals surface area contributed by atoms with Gasteiger partial charge in [-0.05, 0) is 55.9 Å². The molecule has 0 radical (unpaired) electrons. The Morgan fingerprint density at radius 2 is 2.14 bits per heavy atom. The molecule has 6 heteroatoms. The zero-order chi connectivity index (χ0) is 21.3. The lowest BCUT2D eigenvalue weighted by Gasteiger charge is -2.21. The van der Waals surface area contributed by atoms with E-state index in [4.69, 9.17) is 4.74 Å². The molecule has 0 spiro atoms. The Balaban J connectivity index is 2.90. The quantitative estimate of drug-likeness (QED) is 0.303. The normalized spacial score (nSPS) is 12.6. The van der Waals surface area contributed by atoms with E-state index in [1.54, 1.807) is 11.8 Å². The Hall–Kier alpha value is -2.21. The maximum absolute atomic E-state index is 12.3.